The summed E-state index contributed by atoms with van der Waals surface area (Å²) in [7, 11) is 1.77. The molecule has 1 aliphatic carbocycles. The van der Waals surface area contributed by atoms with Gasteiger partial charge in [-0.15, -0.1) is 0 Å². The van der Waals surface area contributed by atoms with Crippen LogP contribution in [0.3, 0.4) is 0 Å². The number of rotatable bonds is 2. The summed E-state index contributed by atoms with van der Waals surface area (Å²) in [6, 6.07) is 0. The van der Waals surface area contributed by atoms with Crippen LogP contribution >= 0.6 is 0 Å². The Labute approximate surface area is 91.1 Å². The van der Waals surface area contributed by atoms with E-state index in [1.54, 1.807) is 14.0 Å². The number of carbonyl (C=O) groups excluding carboxylic acids is 1. The van der Waals surface area contributed by atoms with Crippen molar-refractivity contribution in [2.45, 2.75) is 27.2 Å². The second-order valence-corrected chi connectivity index (χ2v) is 3.77. The molecule has 15 heavy (non-hydrogen) atoms. The van der Waals surface area contributed by atoms with E-state index < -0.39 is 0 Å². The Morgan fingerprint density at radius 2 is 2.07 bits per heavy atom. The van der Waals surface area contributed by atoms with Gasteiger partial charge in [-0.05, 0) is 38.8 Å². The SMILES string of the molecule is CN=C(C)C1=C(C)CC=CC(C(C)=O)=C1. The first-order valence-corrected chi connectivity index (χ1v) is 5.09. The maximum atomic E-state index is 11.3. The third-order valence-corrected chi connectivity index (χ3v) is 2.61. The lowest BCUT2D eigenvalue weighted by Gasteiger charge is -2.05. The third-order valence-electron chi connectivity index (χ3n) is 2.61. The first-order valence-electron chi connectivity index (χ1n) is 5.09. The molecule has 0 fully saturated rings. The van der Waals surface area contributed by atoms with Gasteiger partial charge < -0.3 is 0 Å². The highest BCUT2D eigenvalue weighted by atomic mass is 16.1. The number of hydrogen-bond donors (Lipinski definition) is 0. The van der Waals surface area contributed by atoms with Crippen LogP contribution in [0.2, 0.25) is 0 Å². The molecule has 0 aromatic heterocycles. The van der Waals surface area contributed by atoms with Crippen molar-refractivity contribution in [3.05, 3.63) is 34.9 Å². The lowest BCUT2D eigenvalue weighted by molar-refractivity contribution is -0.113. The minimum atomic E-state index is 0.0994. The summed E-state index contributed by atoms with van der Waals surface area (Å²) in [5.41, 5.74) is 4.08. The zero-order valence-electron chi connectivity index (χ0n) is 9.79. The van der Waals surface area contributed by atoms with E-state index in [2.05, 4.69) is 11.9 Å². The van der Waals surface area contributed by atoms with Crippen LogP contribution < -0.4 is 0 Å². The molecule has 0 N–H and O–H groups in total. The quantitative estimate of drug-likeness (QED) is 0.634. The van der Waals surface area contributed by atoms with Crippen molar-refractivity contribution in [1.82, 2.24) is 0 Å². The van der Waals surface area contributed by atoms with Gasteiger partial charge in [-0.3, -0.25) is 9.79 Å². The molecule has 0 saturated heterocycles. The van der Waals surface area contributed by atoms with Gasteiger partial charge in [-0.1, -0.05) is 17.7 Å². The molecule has 0 unspecified atom stereocenters. The molecule has 2 nitrogen and oxygen atoms in total. The second-order valence-electron chi connectivity index (χ2n) is 3.77. The number of nitrogens with zero attached hydrogens (tertiary/aromatic N) is 1. The van der Waals surface area contributed by atoms with Gasteiger partial charge in [0.15, 0.2) is 5.78 Å². The van der Waals surface area contributed by atoms with Gasteiger partial charge in [-0.25, -0.2) is 0 Å². The molecule has 1 rings (SSSR count). The van der Waals surface area contributed by atoms with E-state index >= 15 is 0 Å². The number of carbonyl (C=O) groups is 1. The van der Waals surface area contributed by atoms with Crippen LogP contribution in [-0.4, -0.2) is 18.5 Å². The molecule has 1 aliphatic rings. The summed E-state index contributed by atoms with van der Waals surface area (Å²) in [4.78, 5) is 15.5. The molecule has 0 spiro atoms. The molecule has 2 heteroatoms. The van der Waals surface area contributed by atoms with Crippen molar-refractivity contribution in [3.63, 3.8) is 0 Å². The van der Waals surface area contributed by atoms with Crippen LogP contribution in [0, 0.1) is 0 Å². The fourth-order valence-corrected chi connectivity index (χ4v) is 1.55. The molecule has 80 valence electrons. The summed E-state index contributed by atoms with van der Waals surface area (Å²) in [5.74, 6) is 0.0994. The lowest BCUT2D eigenvalue weighted by atomic mass is 10.0. The van der Waals surface area contributed by atoms with Crippen LogP contribution in [0.4, 0.5) is 0 Å². The molecule has 0 aromatic rings. The van der Waals surface area contributed by atoms with Crippen LogP contribution in [0.5, 0.6) is 0 Å². The monoisotopic (exact) mass is 203 g/mol. The highest BCUT2D eigenvalue weighted by Gasteiger charge is 2.09. The molecular formula is C13H17NO. The van der Waals surface area contributed by atoms with Crippen LogP contribution in [0.15, 0.2) is 39.9 Å². The first kappa shape index (κ1) is 11.6. The Morgan fingerprint density at radius 3 is 2.60 bits per heavy atom. The average molecular weight is 203 g/mol. The van der Waals surface area contributed by atoms with Gasteiger partial charge in [0.1, 0.15) is 0 Å². The summed E-state index contributed by atoms with van der Waals surface area (Å²) in [6.07, 6.45) is 6.74. The number of aliphatic imine (C=N–C) groups is 1. The zero-order chi connectivity index (χ0) is 11.4. The molecule has 0 bridgehead atoms. The lowest BCUT2D eigenvalue weighted by Crippen LogP contribution is -2.00. The topological polar surface area (TPSA) is 29.4 Å². The van der Waals surface area contributed by atoms with E-state index in [4.69, 9.17) is 0 Å². The van der Waals surface area contributed by atoms with E-state index in [-0.39, 0.29) is 5.78 Å². The number of ketones is 1. The maximum Gasteiger partial charge on any atom is 0.159 e. The molecule has 0 aromatic carbocycles. The number of Topliss-reactive ketones (excluding diaryl/α,β-unsaturated/α-hetero) is 1. The van der Waals surface area contributed by atoms with Crippen molar-refractivity contribution in [2.75, 3.05) is 7.05 Å². The highest BCUT2D eigenvalue weighted by Crippen LogP contribution is 2.19. The standard InChI is InChI=1S/C13H17NO/c1-9-6-5-7-12(11(3)15)8-13(9)10(2)14-4/h5,7-8H,6H2,1-4H3. The Morgan fingerprint density at radius 1 is 1.40 bits per heavy atom. The van der Waals surface area contributed by atoms with Crippen molar-refractivity contribution in [2.24, 2.45) is 4.99 Å². The fourth-order valence-electron chi connectivity index (χ4n) is 1.55. The van der Waals surface area contributed by atoms with Gasteiger partial charge in [0.05, 0.1) is 0 Å². The van der Waals surface area contributed by atoms with Gasteiger partial charge in [-0.2, -0.15) is 0 Å². The molecule has 0 aliphatic heterocycles. The zero-order valence-corrected chi connectivity index (χ0v) is 9.79. The van der Waals surface area contributed by atoms with Crippen LogP contribution in [0.1, 0.15) is 27.2 Å². The predicted molar refractivity (Wildman–Crippen MR) is 64.3 cm³/mol. The summed E-state index contributed by atoms with van der Waals surface area (Å²) < 4.78 is 0. The van der Waals surface area contributed by atoms with E-state index in [1.165, 1.54) is 5.57 Å². The molecule has 0 radical (unpaired) electrons. The van der Waals surface area contributed by atoms with E-state index in [0.29, 0.717) is 0 Å². The predicted octanol–water partition coefficient (Wildman–Crippen LogP) is 2.87. The van der Waals surface area contributed by atoms with Gasteiger partial charge in [0.2, 0.25) is 0 Å². The first-order chi connectivity index (χ1) is 7.06. The van der Waals surface area contributed by atoms with Crippen LogP contribution in [0.25, 0.3) is 0 Å². The largest absolute Gasteiger partial charge is 0.295 e. The van der Waals surface area contributed by atoms with Crippen molar-refractivity contribution in [3.8, 4) is 0 Å². The van der Waals surface area contributed by atoms with Crippen LogP contribution in [-0.2, 0) is 4.79 Å². The third kappa shape index (κ3) is 2.75. The summed E-state index contributed by atoms with van der Waals surface area (Å²) in [5, 5.41) is 0. The van der Waals surface area contributed by atoms with Gasteiger partial charge in [0, 0.05) is 18.3 Å². The van der Waals surface area contributed by atoms with E-state index in [9.17, 15) is 4.79 Å². The Kier molecular flexibility index (Phi) is 3.78. The molecule has 0 amide bonds. The van der Waals surface area contributed by atoms with E-state index in [0.717, 1.165) is 23.3 Å². The van der Waals surface area contributed by atoms with E-state index in [1.807, 2.05) is 25.2 Å². The van der Waals surface area contributed by atoms with Crippen molar-refractivity contribution < 1.29 is 4.79 Å². The Balaban J connectivity index is 3.22. The van der Waals surface area contributed by atoms with Crippen molar-refractivity contribution >= 4 is 11.5 Å². The Bertz CT molecular complexity index is 395. The Hall–Kier alpha value is -1.44. The molecule has 0 heterocycles. The van der Waals surface area contributed by atoms with Crippen molar-refractivity contribution in [1.29, 1.82) is 0 Å². The summed E-state index contributed by atoms with van der Waals surface area (Å²) >= 11 is 0. The highest BCUT2D eigenvalue weighted by molar-refractivity contribution is 6.05. The maximum absolute atomic E-state index is 11.3. The minimum Gasteiger partial charge on any atom is -0.295 e. The average Bonchev–Trinajstić information content (AvgIpc) is 2.39. The fraction of sp³-hybridized carbons (Fsp3) is 0.385. The molecular weight excluding hydrogens is 186 g/mol. The second kappa shape index (κ2) is 4.87. The normalized spacial score (nSPS) is 17.6. The van der Waals surface area contributed by atoms with Gasteiger partial charge >= 0.3 is 0 Å². The summed E-state index contributed by atoms with van der Waals surface area (Å²) in [6.45, 7) is 5.64. The smallest absolute Gasteiger partial charge is 0.159 e. The minimum absolute atomic E-state index is 0.0994. The molecule has 0 saturated carbocycles. The number of allylic oxidation sites excluding steroid dienone is 6. The molecule has 0 atom stereocenters. The van der Waals surface area contributed by atoms with Gasteiger partial charge in [0.25, 0.3) is 0 Å². The number of hydrogen-bond acceptors (Lipinski definition) is 2.